The van der Waals surface area contributed by atoms with Gasteiger partial charge in [-0.15, -0.1) is 0 Å². The maximum Gasteiger partial charge on any atom is 0.410 e. The van der Waals surface area contributed by atoms with E-state index in [9.17, 15) is 4.79 Å². The summed E-state index contributed by atoms with van der Waals surface area (Å²) in [7, 11) is 0. The second-order valence-corrected chi connectivity index (χ2v) is 5.66. The fraction of sp³-hybridized carbons (Fsp3) is 0.316. The van der Waals surface area contributed by atoms with E-state index in [2.05, 4.69) is 37.3 Å². The van der Waals surface area contributed by atoms with Crippen LogP contribution in [0.2, 0.25) is 0 Å². The molecule has 2 aromatic carbocycles. The lowest BCUT2D eigenvalue weighted by atomic mass is 9.87. The summed E-state index contributed by atoms with van der Waals surface area (Å²) >= 11 is 0. The molecule has 0 saturated heterocycles. The Bertz CT molecular complexity index is 666. The van der Waals surface area contributed by atoms with Gasteiger partial charge in [-0.3, -0.25) is 4.90 Å². The minimum Gasteiger partial charge on any atom is -0.450 e. The van der Waals surface area contributed by atoms with Crippen LogP contribution in [0.25, 0.3) is 0 Å². The summed E-state index contributed by atoms with van der Waals surface area (Å²) in [5.74, 6) is 0. The predicted molar refractivity (Wildman–Crippen MR) is 86.9 cm³/mol. The number of carbonyl (C=O) groups is 1. The van der Waals surface area contributed by atoms with Crippen molar-refractivity contribution >= 4 is 6.09 Å². The Morgan fingerprint density at radius 2 is 2.00 bits per heavy atom. The van der Waals surface area contributed by atoms with E-state index in [1.807, 2.05) is 30.0 Å². The summed E-state index contributed by atoms with van der Waals surface area (Å²) in [6.07, 6.45) is 0.640. The molecule has 0 aliphatic carbocycles. The van der Waals surface area contributed by atoms with Crippen LogP contribution >= 0.6 is 0 Å². The molecule has 0 bridgehead atoms. The van der Waals surface area contributed by atoms with Gasteiger partial charge in [0.15, 0.2) is 0 Å². The molecule has 3 heteroatoms. The summed E-state index contributed by atoms with van der Waals surface area (Å²) < 4.78 is 5.26. The molecule has 0 N–H and O–H groups in total. The summed E-state index contributed by atoms with van der Waals surface area (Å²) in [6.45, 7) is 5.04. The number of hydrogen-bond acceptors (Lipinski definition) is 2. The number of ether oxygens (including phenoxy) is 1. The highest BCUT2D eigenvalue weighted by molar-refractivity contribution is 5.70. The number of nitrogens with zero attached hydrogens (tertiary/aromatic N) is 1. The highest BCUT2D eigenvalue weighted by Crippen LogP contribution is 2.35. The monoisotopic (exact) mass is 295 g/mol. The minimum atomic E-state index is -0.234. The second-order valence-electron chi connectivity index (χ2n) is 5.66. The molecule has 3 rings (SSSR count). The Kier molecular flexibility index (Phi) is 4.14. The molecular weight excluding hydrogens is 274 g/mol. The zero-order valence-corrected chi connectivity index (χ0v) is 13.1. The highest BCUT2D eigenvalue weighted by Gasteiger charge is 2.32. The van der Waals surface area contributed by atoms with Crippen molar-refractivity contribution in [2.24, 2.45) is 0 Å². The topological polar surface area (TPSA) is 29.5 Å². The van der Waals surface area contributed by atoms with Crippen molar-refractivity contribution in [1.29, 1.82) is 0 Å². The standard InChI is InChI=1S/C19H21NO2/c1-3-22-19(21)20-12-11-16-13-14(2)9-10-17(16)18(20)15-7-5-4-6-8-15/h4-10,13,18H,3,11-12H2,1-2H3. The number of fused-ring (bicyclic) bond motifs is 1. The van der Waals surface area contributed by atoms with Gasteiger partial charge in [0.1, 0.15) is 0 Å². The second kappa shape index (κ2) is 6.22. The van der Waals surface area contributed by atoms with E-state index in [-0.39, 0.29) is 12.1 Å². The van der Waals surface area contributed by atoms with Crippen LogP contribution in [0.3, 0.4) is 0 Å². The van der Waals surface area contributed by atoms with E-state index in [1.54, 1.807) is 0 Å². The van der Waals surface area contributed by atoms with Gasteiger partial charge in [0, 0.05) is 6.54 Å². The molecule has 0 aromatic heterocycles. The fourth-order valence-corrected chi connectivity index (χ4v) is 3.15. The molecule has 0 radical (unpaired) electrons. The average Bonchev–Trinajstić information content (AvgIpc) is 2.54. The van der Waals surface area contributed by atoms with Gasteiger partial charge in [-0.25, -0.2) is 4.79 Å². The van der Waals surface area contributed by atoms with E-state index >= 15 is 0 Å². The van der Waals surface area contributed by atoms with Crippen LogP contribution in [0.15, 0.2) is 48.5 Å². The molecule has 1 aliphatic heterocycles. The maximum absolute atomic E-state index is 12.4. The third-order valence-corrected chi connectivity index (χ3v) is 4.14. The summed E-state index contributed by atoms with van der Waals surface area (Å²) in [6, 6.07) is 16.6. The maximum atomic E-state index is 12.4. The summed E-state index contributed by atoms with van der Waals surface area (Å²) in [5, 5.41) is 0. The van der Waals surface area contributed by atoms with Crippen molar-refractivity contribution in [2.75, 3.05) is 13.2 Å². The first kappa shape index (κ1) is 14.6. The Labute approximate surface area is 131 Å². The van der Waals surface area contributed by atoms with Gasteiger partial charge in [-0.05, 0) is 37.0 Å². The molecule has 1 heterocycles. The largest absolute Gasteiger partial charge is 0.450 e. The van der Waals surface area contributed by atoms with Gasteiger partial charge >= 0.3 is 6.09 Å². The number of hydrogen-bond donors (Lipinski definition) is 0. The van der Waals surface area contributed by atoms with Crippen molar-refractivity contribution in [3.05, 3.63) is 70.8 Å². The molecule has 0 fully saturated rings. The molecule has 1 amide bonds. The van der Waals surface area contributed by atoms with Gasteiger partial charge in [-0.1, -0.05) is 54.1 Å². The lowest BCUT2D eigenvalue weighted by molar-refractivity contribution is 0.0937. The van der Waals surface area contributed by atoms with Crippen LogP contribution in [-0.4, -0.2) is 24.1 Å². The molecule has 3 nitrogen and oxygen atoms in total. The number of carbonyl (C=O) groups excluding carboxylic acids is 1. The van der Waals surface area contributed by atoms with E-state index < -0.39 is 0 Å². The Balaban J connectivity index is 2.06. The normalized spacial score (nSPS) is 17.0. The smallest absolute Gasteiger partial charge is 0.410 e. The molecule has 0 saturated carbocycles. The van der Waals surface area contributed by atoms with E-state index in [0.717, 1.165) is 12.0 Å². The lowest BCUT2D eigenvalue weighted by Crippen LogP contribution is -2.41. The van der Waals surface area contributed by atoms with Gasteiger partial charge in [0.2, 0.25) is 0 Å². The van der Waals surface area contributed by atoms with Gasteiger partial charge in [0.05, 0.1) is 12.6 Å². The minimum absolute atomic E-state index is 0.0652. The van der Waals surface area contributed by atoms with Crippen LogP contribution < -0.4 is 0 Å². The predicted octanol–water partition coefficient (Wildman–Crippen LogP) is 4.10. The number of aryl methyl sites for hydroxylation is 1. The molecule has 2 aromatic rings. The van der Waals surface area contributed by atoms with Crippen LogP contribution in [0.1, 0.15) is 35.2 Å². The molecule has 1 aliphatic rings. The molecule has 22 heavy (non-hydrogen) atoms. The van der Waals surface area contributed by atoms with E-state index in [0.29, 0.717) is 13.2 Å². The third-order valence-electron chi connectivity index (χ3n) is 4.14. The Morgan fingerprint density at radius 1 is 1.23 bits per heavy atom. The Morgan fingerprint density at radius 3 is 2.73 bits per heavy atom. The first-order valence-corrected chi connectivity index (χ1v) is 7.78. The fourth-order valence-electron chi connectivity index (χ4n) is 3.15. The van der Waals surface area contributed by atoms with Crippen molar-refractivity contribution in [3.8, 4) is 0 Å². The van der Waals surface area contributed by atoms with Crippen molar-refractivity contribution in [1.82, 2.24) is 4.90 Å². The van der Waals surface area contributed by atoms with Crippen LogP contribution in [0.4, 0.5) is 4.79 Å². The summed E-state index contributed by atoms with van der Waals surface area (Å²) in [5.41, 5.74) is 4.92. The third kappa shape index (κ3) is 2.71. The first-order chi connectivity index (χ1) is 10.7. The van der Waals surface area contributed by atoms with E-state index in [4.69, 9.17) is 4.74 Å². The average molecular weight is 295 g/mol. The van der Waals surface area contributed by atoms with Gasteiger partial charge < -0.3 is 4.74 Å². The molecule has 0 spiro atoms. The summed E-state index contributed by atoms with van der Waals surface area (Å²) in [4.78, 5) is 14.2. The van der Waals surface area contributed by atoms with Crippen molar-refractivity contribution in [2.45, 2.75) is 26.3 Å². The van der Waals surface area contributed by atoms with Crippen LogP contribution in [0, 0.1) is 6.92 Å². The van der Waals surface area contributed by atoms with Crippen molar-refractivity contribution in [3.63, 3.8) is 0 Å². The van der Waals surface area contributed by atoms with Crippen LogP contribution in [0.5, 0.6) is 0 Å². The lowest BCUT2D eigenvalue weighted by Gasteiger charge is -2.37. The van der Waals surface area contributed by atoms with Gasteiger partial charge in [-0.2, -0.15) is 0 Å². The Hall–Kier alpha value is -2.29. The van der Waals surface area contributed by atoms with Gasteiger partial charge in [0.25, 0.3) is 0 Å². The van der Waals surface area contributed by atoms with Crippen molar-refractivity contribution < 1.29 is 9.53 Å². The molecule has 1 atom stereocenters. The zero-order chi connectivity index (χ0) is 15.5. The molecule has 114 valence electrons. The molecule has 1 unspecified atom stereocenters. The number of amides is 1. The quantitative estimate of drug-likeness (QED) is 0.835. The SMILES string of the molecule is CCOC(=O)N1CCc2cc(C)ccc2C1c1ccccc1. The zero-order valence-electron chi connectivity index (χ0n) is 13.1. The number of rotatable bonds is 2. The van der Waals surface area contributed by atoms with Crippen LogP contribution in [-0.2, 0) is 11.2 Å². The first-order valence-electron chi connectivity index (χ1n) is 7.78. The molecular formula is C19H21NO2. The highest BCUT2D eigenvalue weighted by atomic mass is 16.6. The van der Waals surface area contributed by atoms with E-state index in [1.165, 1.54) is 16.7 Å². The number of benzene rings is 2.